The van der Waals surface area contributed by atoms with Crippen LogP contribution in [0.5, 0.6) is 0 Å². The fourth-order valence-corrected chi connectivity index (χ4v) is 3.78. The molecule has 142 valence electrons. The lowest BCUT2D eigenvalue weighted by atomic mass is 9.98. The first-order valence-corrected chi connectivity index (χ1v) is 9.43. The number of carbonyl (C=O) groups excluding carboxylic acids is 1. The third kappa shape index (κ3) is 3.27. The molecule has 1 amide bonds. The van der Waals surface area contributed by atoms with Crippen LogP contribution in [0.4, 0.5) is 10.7 Å². The zero-order valence-electron chi connectivity index (χ0n) is 15.5. The smallest absolute Gasteiger partial charge is 0.414 e. The van der Waals surface area contributed by atoms with Gasteiger partial charge < -0.3 is 9.15 Å². The Kier molecular flexibility index (Phi) is 4.33. The second-order valence-corrected chi connectivity index (χ2v) is 6.85. The molecule has 5 rings (SSSR count). The summed E-state index contributed by atoms with van der Waals surface area (Å²) in [6.07, 6.45) is 0.909. The molecule has 5 heteroatoms. The van der Waals surface area contributed by atoms with E-state index in [2.05, 4.69) is 34.6 Å². The molecule has 0 spiro atoms. The van der Waals surface area contributed by atoms with E-state index in [0.717, 1.165) is 5.56 Å². The van der Waals surface area contributed by atoms with Gasteiger partial charge in [0.15, 0.2) is 0 Å². The van der Waals surface area contributed by atoms with Crippen LogP contribution in [0.15, 0.2) is 89.5 Å². The lowest BCUT2D eigenvalue weighted by Gasteiger charge is -2.14. The quantitative estimate of drug-likeness (QED) is 0.491. The molecule has 0 saturated carbocycles. The zero-order valence-corrected chi connectivity index (χ0v) is 15.5. The molecule has 0 unspecified atom stereocenters. The molecule has 1 aliphatic carbocycles. The van der Waals surface area contributed by atoms with Gasteiger partial charge in [0.05, 0.1) is 6.20 Å². The summed E-state index contributed by atoms with van der Waals surface area (Å²) in [5.41, 5.74) is 5.58. The number of ether oxygens (including phenoxy) is 1. The van der Waals surface area contributed by atoms with E-state index in [1.54, 1.807) is 0 Å². The Hall–Kier alpha value is -3.86. The number of fused-ring (bicyclic) bond motifs is 3. The Balaban J connectivity index is 1.28. The number of hydrogen-bond acceptors (Lipinski definition) is 4. The summed E-state index contributed by atoms with van der Waals surface area (Å²) < 4.78 is 11.1. The summed E-state index contributed by atoms with van der Waals surface area (Å²) in [7, 11) is 0. The van der Waals surface area contributed by atoms with Crippen LogP contribution in [0.25, 0.3) is 22.6 Å². The maximum Gasteiger partial charge on any atom is 0.414 e. The molecule has 0 bridgehead atoms. The van der Waals surface area contributed by atoms with Crippen molar-refractivity contribution in [2.45, 2.75) is 5.92 Å². The van der Waals surface area contributed by atoms with Crippen LogP contribution >= 0.6 is 0 Å². The molecule has 1 heterocycles. The van der Waals surface area contributed by atoms with Gasteiger partial charge in [0.1, 0.15) is 6.61 Å². The van der Waals surface area contributed by atoms with Gasteiger partial charge in [-0.3, -0.25) is 5.32 Å². The van der Waals surface area contributed by atoms with Crippen molar-refractivity contribution in [1.82, 2.24) is 4.98 Å². The molecule has 0 saturated heterocycles. The van der Waals surface area contributed by atoms with E-state index in [1.807, 2.05) is 54.6 Å². The number of nitrogens with one attached hydrogen (secondary N) is 1. The number of carbonyl (C=O) groups is 1. The zero-order chi connectivity index (χ0) is 19.6. The van der Waals surface area contributed by atoms with Gasteiger partial charge in [-0.15, -0.1) is 0 Å². The van der Waals surface area contributed by atoms with Crippen LogP contribution in [0.1, 0.15) is 17.0 Å². The second kappa shape index (κ2) is 7.28. The first kappa shape index (κ1) is 17.3. The van der Waals surface area contributed by atoms with E-state index < -0.39 is 6.09 Å². The summed E-state index contributed by atoms with van der Waals surface area (Å²) in [6, 6.07) is 26.0. The summed E-state index contributed by atoms with van der Waals surface area (Å²) in [4.78, 5) is 16.5. The highest BCUT2D eigenvalue weighted by atomic mass is 16.6. The molecule has 0 radical (unpaired) electrons. The number of amides is 1. The van der Waals surface area contributed by atoms with Crippen molar-refractivity contribution >= 4 is 12.0 Å². The number of oxazole rings is 1. The number of hydrogen-bond donors (Lipinski definition) is 1. The van der Waals surface area contributed by atoms with Gasteiger partial charge in [0, 0.05) is 11.5 Å². The normalized spacial score (nSPS) is 12.3. The predicted octanol–water partition coefficient (Wildman–Crippen LogP) is 5.70. The number of nitrogens with zero attached hydrogens (tertiary/aromatic N) is 1. The molecule has 29 heavy (non-hydrogen) atoms. The molecule has 1 N–H and O–H groups in total. The maximum absolute atomic E-state index is 12.3. The van der Waals surface area contributed by atoms with Gasteiger partial charge in [-0.05, 0) is 34.4 Å². The summed E-state index contributed by atoms with van der Waals surface area (Å²) in [6.45, 7) is 0.250. The standard InChI is InChI=1S/C24H18N2O3/c27-24(26-22-14-25-23(29-22)16-8-2-1-3-9-16)28-15-21-19-12-6-4-10-17(19)18-11-5-7-13-20(18)21/h1-14,21H,15H2,(H,26,27). The molecule has 4 aromatic rings. The van der Waals surface area contributed by atoms with E-state index in [0.29, 0.717) is 5.89 Å². The van der Waals surface area contributed by atoms with Crippen molar-refractivity contribution in [3.05, 3.63) is 96.2 Å². The average Bonchev–Trinajstić information content (AvgIpc) is 3.36. The molecule has 3 aromatic carbocycles. The van der Waals surface area contributed by atoms with E-state index in [-0.39, 0.29) is 18.4 Å². The predicted molar refractivity (Wildman–Crippen MR) is 111 cm³/mol. The Bertz CT molecular complexity index is 1120. The molecule has 1 aliphatic rings. The summed E-state index contributed by atoms with van der Waals surface area (Å²) in [5.74, 6) is 0.711. The van der Waals surface area contributed by atoms with Gasteiger partial charge in [0.2, 0.25) is 11.8 Å². The molecule has 0 atom stereocenters. The lowest BCUT2D eigenvalue weighted by Crippen LogP contribution is -2.17. The average molecular weight is 382 g/mol. The van der Waals surface area contributed by atoms with Crippen LogP contribution in [-0.2, 0) is 4.74 Å². The molecule has 1 aromatic heterocycles. The van der Waals surface area contributed by atoms with E-state index >= 15 is 0 Å². The van der Waals surface area contributed by atoms with E-state index in [1.165, 1.54) is 28.5 Å². The second-order valence-electron chi connectivity index (χ2n) is 6.85. The topological polar surface area (TPSA) is 64.4 Å². The van der Waals surface area contributed by atoms with Crippen LogP contribution < -0.4 is 5.32 Å². The van der Waals surface area contributed by atoms with Crippen molar-refractivity contribution in [1.29, 1.82) is 0 Å². The van der Waals surface area contributed by atoms with Crippen LogP contribution in [0.3, 0.4) is 0 Å². The first-order valence-electron chi connectivity index (χ1n) is 9.43. The van der Waals surface area contributed by atoms with Gasteiger partial charge in [-0.2, -0.15) is 0 Å². The number of anilines is 1. The first-order chi connectivity index (χ1) is 14.3. The van der Waals surface area contributed by atoms with Gasteiger partial charge in [-0.1, -0.05) is 66.7 Å². The van der Waals surface area contributed by atoms with Crippen molar-refractivity contribution < 1.29 is 13.9 Å². The fraction of sp³-hybridized carbons (Fsp3) is 0.0833. The molecular formula is C24H18N2O3. The SMILES string of the molecule is O=C(Nc1cnc(-c2ccccc2)o1)OCC1c2ccccc2-c2ccccc21. The Morgan fingerprint density at radius 1 is 0.897 bits per heavy atom. The molecule has 0 fully saturated rings. The van der Waals surface area contributed by atoms with Crippen LogP contribution in [0, 0.1) is 0 Å². The minimum Gasteiger partial charge on any atom is -0.448 e. The third-order valence-electron chi connectivity index (χ3n) is 5.10. The Morgan fingerprint density at radius 2 is 1.52 bits per heavy atom. The minimum atomic E-state index is -0.567. The molecular weight excluding hydrogens is 364 g/mol. The Morgan fingerprint density at radius 3 is 2.21 bits per heavy atom. The Labute approximate surface area is 168 Å². The highest BCUT2D eigenvalue weighted by Crippen LogP contribution is 2.44. The molecule has 5 nitrogen and oxygen atoms in total. The summed E-state index contributed by atoms with van der Waals surface area (Å²) in [5, 5.41) is 2.61. The number of benzene rings is 3. The monoisotopic (exact) mass is 382 g/mol. The maximum atomic E-state index is 12.3. The summed E-state index contributed by atoms with van der Waals surface area (Å²) >= 11 is 0. The van der Waals surface area contributed by atoms with E-state index in [4.69, 9.17) is 9.15 Å². The fourth-order valence-electron chi connectivity index (χ4n) is 3.78. The largest absolute Gasteiger partial charge is 0.448 e. The highest BCUT2D eigenvalue weighted by Gasteiger charge is 2.29. The third-order valence-corrected chi connectivity index (χ3v) is 5.10. The van der Waals surface area contributed by atoms with Crippen molar-refractivity contribution in [2.75, 3.05) is 11.9 Å². The van der Waals surface area contributed by atoms with Crippen molar-refractivity contribution in [3.8, 4) is 22.6 Å². The lowest BCUT2D eigenvalue weighted by molar-refractivity contribution is 0.157. The number of rotatable bonds is 4. The minimum absolute atomic E-state index is 0.0164. The van der Waals surface area contributed by atoms with Crippen molar-refractivity contribution in [2.24, 2.45) is 0 Å². The molecule has 0 aliphatic heterocycles. The number of aromatic nitrogens is 1. The van der Waals surface area contributed by atoms with Gasteiger partial charge in [0.25, 0.3) is 0 Å². The van der Waals surface area contributed by atoms with Gasteiger partial charge in [-0.25, -0.2) is 9.78 Å². The highest BCUT2D eigenvalue weighted by molar-refractivity contribution is 5.83. The van der Waals surface area contributed by atoms with Crippen molar-refractivity contribution in [3.63, 3.8) is 0 Å². The van der Waals surface area contributed by atoms with Crippen LogP contribution in [-0.4, -0.2) is 17.7 Å². The van der Waals surface area contributed by atoms with Gasteiger partial charge >= 0.3 is 6.09 Å². The van der Waals surface area contributed by atoms with E-state index in [9.17, 15) is 4.79 Å². The van der Waals surface area contributed by atoms with Crippen LogP contribution in [0.2, 0.25) is 0 Å².